The molecule has 4 nitrogen and oxygen atoms in total. The van der Waals surface area contributed by atoms with Gasteiger partial charge in [-0.3, -0.25) is 9.69 Å². The highest BCUT2D eigenvalue weighted by Gasteiger charge is 2.21. The Kier molecular flexibility index (Phi) is 6.09. The largest absolute Gasteiger partial charge is 0.350 e. The zero-order valence-electron chi connectivity index (χ0n) is 12.4. The first-order valence-corrected chi connectivity index (χ1v) is 7.17. The molecule has 106 valence electrons. The fourth-order valence-corrected chi connectivity index (χ4v) is 2.30. The van der Waals surface area contributed by atoms with E-state index in [1.807, 2.05) is 20.8 Å². The van der Waals surface area contributed by atoms with E-state index >= 15 is 0 Å². The average Bonchev–Trinajstić information content (AvgIpc) is 2.25. The lowest BCUT2D eigenvalue weighted by Crippen LogP contribution is -2.49. The van der Waals surface area contributed by atoms with E-state index in [0.717, 1.165) is 32.5 Å². The molecule has 0 bridgehead atoms. The first-order chi connectivity index (χ1) is 8.40. The fourth-order valence-electron chi connectivity index (χ4n) is 2.30. The second-order valence-electron chi connectivity index (χ2n) is 6.30. The maximum absolute atomic E-state index is 11.8. The van der Waals surface area contributed by atoms with Crippen LogP contribution >= 0.6 is 0 Å². The van der Waals surface area contributed by atoms with Gasteiger partial charge in [-0.05, 0) is 46.6 Å². The summed E-state index contributed by atoms with van der Waals surface area (Å²) >= 11 is 0. The van der Waals surface area contributed by atoms with Crippen molar-refractivity contribution in [2.45, 2.75) is 58.5 Å². The summed E-state index contributed by atoms with van der Waals surface area (Å²) in [6.07, 6.45) is 3.50. The topological polar surface area (TPSA) is 44.4 Å². The highest BCUT2D eigenvalue weighted by Crippen LogP contribution is 2.10. The summed E-state index contributed by atoms with van der Waals surface area (Å²) in [5.74, 6) is 0.141. The lowest BCUT2D eigenvalue weighted by molar-refractivity contribution is -0.123. The van der Waals surface area contributed by atoms with E-state index < -0.39 is 0 Å². The number of carbonyl (C=O) groups excluding carboxylic acids is 1. The van der Waals surface area contributed by atoms with Gasteiger partial charge in [0, 0.05) is 24.7 Å². The summed E-state index contributed by atoms with van der Waals surface area (Å²) in [6.45, 7) is 12.0. The Balaban J connectivity index is 2.21. The molecule has 1 amide bonds. The van der Waals surface area contributed by atoms with Gasteiger partial charge in [0.15, 0.2) is 0 Å². The number of piperidine rings is 1. The van der Waals surface area contributed by atoms with Crippen LogP contribution in [0.5, 0.6) is 0 Å². The number of nitrogens with zero attached hydrogens (tertiary/aromatic N) is 1. The van der Waals surface area contributed by atoms with Gasteiger partial charge in [-0.2, -0.15) is 0 Å². The molecule has 0 saturated carbocycles. The zero-order valence-corrected chi connectivity index (χ0v) is 12.4. The van der Waals surface area contributed by atoms with E-state index in [0.29, 0.717) is 12.6 Å². The molecule has 1 aliphatic rings. The Bertz CT molecular complexity index is 252. The number of hydrogen-bond acceptors (Lipinski definition) is 3. The average molecular weight is 255 g/mol. The lowest BCUT2D eigenvalue weighted by atomic mass is 10.0. The molecule has 0 aliphatic carbocycles. The normalized spacial score (nSPS) is 18.9. The Labute approximate surface area is 111 Å². The molecular weight excluding hydrogens is 226 g/mol. The second-order valence-corrected chi connectivity index (χ2v) is 6.30. The number of hydrogen-bond donors (Lipinski definition) is 2. The fraction of sp³-hybridized carbons (Fsp3) is 0.929. The van der Waals surface area contributed by atoms with Gasteiger partial charge in [-0.25, -0.2) is 0 Å². The van der Waals surface area contributed by atoms with Gasteiger partial charge in [-0.1, -0.05) is 6.92 Å². The van der Waals surface area contributed by atoms with Crippen LogP contribution in [0.15, 0.2) is 0 Å². The van der Waals surface area contributed by atoms with Crippen LogP contribution in [-0.4, -0.2) is 48.6 Å². The Hall–Kier alpha value is -0.610. The van der Waals surface area contributed by atoms with Crippen molar-refractivity contribution < 1.29 is 4.79 Å². The van der Waals surface area contributed by atoms with E-state index in [2.05, 4.69) is 22.5 Å². The third-order valence-electron chi connectivity index (χ3n) is 3.15. The standard InChI is InChI=1S/C14H29N3O/c1-5-8-15-12-6-9-17(10-7-12)11-13(18)16-14(2,3)4/h12,15H,5-11H2,1-4H3,(H,16,18). The molecule has 0 aromatic rings. The van der Waals surface area contributed by atoms with Crippen molar-refractivity contribution >= 4 is 5.91 Å². The van der Waals surface area contributed by atoms with E-state index in [1.165, 1.54) is 6.42 Å². The summed E-state index contributed by atoms with van der Waals surface area (Å²) in [6, 6.07) is 0.645. The van der Waals surface area contributed by atoms with E-state index in [4.69, 9.17) is 0 Å². The van der Waals surface area contributed by atoms with Gasteiger partial charge in [-0.15, -0.1) is 0 Å². The molecule has 0 aromatic carbocycles. The molecule has 1 saturated heterocycles. The van der Waals surface area contributed by atoms with Crippen LogP contribution in [0, 0.1) is 0 Å². The minimum absolute atomic E-state index is 0.127. The van der Waals surface area contributed by atoms with Gasteiger partial charge < -0.3 is 10.6 Å². The SMILES string of the molecule is CCCNC1CCN(CC(=O)NC(C)(C)C)CC1. The van der Waals surface area contributed by atoms with Gasteiger partial charge in [0.2, 0.25) is 5.91 Å². The first-order valence-electron chi connectivity index (χ1n) is 7.17. The van der Waals surface area contributed by atoms with Crippen LogP contribution in [-0.2, 0) is 4.79 Å². The summed E-state index contributed by atoms with van der Waals surface area (Å²) in [5, 5.41) is 6.57. The van der Waals surface area contributed by atoms with E-state index in [9.17, 15) is 4.79 Å². The molecule has 1 fully saturated rings. The van der Waals surface area contributed by atoms with Gasteiger partial charge >= 0.3 is 0 Å². The molecule has 4 heteroatoms. The molecule has 0 atom stereocenters. The second kappa shape index (κ2) is 7.10. The summed E-state index contributed by atoms with van der Waals surface area (Å²) < 4.78 is 0. The highest BCUT2D eigenvalue weighted by molar-refractivity contribution is 5.78. The van der Waals surface area contributed by atoms with Crippen molar-refractivity contribution in [3.8, 4) is 0 Å². The van der Waals surface area contributed by atoms with Gasteiger partial charge in [0.05, 0.1) is 6.54 Å². The van der Waals surface area contributed by atoms with Crippen molar-refractivity contribution in [1.29, 1.82) is 0 Å². The molecule has 1 heterocycles. The molecule has 0 spiro atoms. The number of carbonyl (C=O) groups is 1. The maximum atomic E-state index is 11.8. The molecule has 1 aliphatic heterocycles. The first kappa shape index (κ1) is 15.4. The Morgan fingerprint density at radius 3 is 2.39 bits per heavy atom. The van der Waals surface area contributed by atoms with Crippen molar-refractivity contribution in [1.82, 2.24) is 15.5 Å². The van der Waals surface area contributed by atoms with Crippen LogP contribution in [0.3, 0.4) is 0 Å². The molecule has 18 heavy (non-hydrogen) atoms. The van der Waals surface area contributed by atoms with Crippen molar-refractivity contribution in [2.75, 3.05) is 26.2 Å². The van der Waals surface area contributed by atoms with Gasteiger partial charge in [0.25, 0.3) is 0 Å². The summed E-state index contributed by atoms with van der Waals surface area (Å²) in [5.41, 5.74) is -0.127. The quantitative estimate of drug-likeness (QED) is 0.780. The van der Waals surface area contributed by atoms with Crippen molar-refractivity contribution in [2.24, 2.45) is 0 Å². The molecule has 0 aromatic heterocycles. The Morgan fingerprint density at radius 1 is 1.28 bits per heavy atom. The van der Waals surface area contributed by atoms with Crippen LogP contribution in [0.2, 0.25) is 0 Å². The van der Waals surface area contributed by atoms with Crippen LogP contribution in [0.25, 0.3) is 0 Å². The molecule has 2 N–H and O–H groups in total. The predicted molar refractivity (Wildman–Crippen MR) is 75.7 cm³/mol. The number of likely N-dealkylation sites (tertiary alicyclic amines) is 1. The monoisotopic (exact) mass is 255 g/mol. The highest BCUT2D eigenvalue weighted by atomic mass is 16.2. The number of amides is 1. The minimum Gasteiger partial charge on any atom is -0.350 e. The summed E-state index contributed by atoms with van der Waals surface area (Å²) in [4.78, 5) is 14.1. The minimum atomic E-state index is -0.127. The van der Waals surface area contributed by atoms with Crippen molar-refractivity contribution in [3.63, 3.8) is 0 Å². The molecule has 0 unspecified atom stereocenters. The third-order valence-corrected chi connectivity index (χ3v) is 3.15. The van der Waals surface area contributed by atoms with Crippen molar-refractivity contribution in [3.05, 3.63) is 0 Å². The zero-order chi connectivity index (χ0) is 13.6. The smallest absolute Gasteiger partial charge is 0.234 e. The number of rotatable bonds is 5. The lowest BCUT2D eigenvalue weighted by Gasteiger charge is -2.32. The maximum Gasteiger partial charge on any atom is 0.234 e. The van der Waals surface area contributed by atoms with E-state index in [-0.39, 0.29) is 11.4 Å². The van der Waals surface area contributed by atoms with Crippen LogP contribution in [0.4, 0.5) is 0 Å². The molecule has 1 rings (SSSR count). The third kappa shape index (κ3) is 6.36. The van der Waals surface area contributed by atoms with Crippen LogP contribution < -0.4 is 10.6 Å². The van der Waals surface area contributed by atoms with Gasteiger partial charge in [0.1, 0.15) is 0 Å². The summed E-state index contributed by atoms with van der Waals surface area (Å²) in [7, 11) is 0. The predicted octanol–water partition coefficient (Wildman–Crippen LogP) is 1.37. The van der Waals surface area contributed by atoms with Crippen LogP contribution in [0.1, 0.15) is 47.0 Å². The Morgan fingerprint density at radius 2 is 1.89 bits per heavy atom. The van der Waals surface area contributed by atoms with E-state index in [1.54, 1.807) is 0 Å². The molecular formula is C14H29N3O. The molecule has 0 radical (unpaired) electrons. The number of nitrogens with one attached hydrogen (secondary N) is 2.